The van der Waals surface area contributed by atoms with Crippen LogP contribution in [-0.2, 0) is 0 Å². The predicted octanol–water partition coefficient (Wildman–Crippen LogP) is 6.60. The molecule has 0 amide bonds. The lowest BCUT2D eigenvalue weighted by Gasteiger charge is -2.22. The maximum absolute atomic E-state index is 6.44. The molecule has 4 heteroatoms. The van der Waals surface area contributed by atoms with Gasteiger partial charge in [0.1, 0.15) is 0 Å². The number of fused-ring (bicyclic) bond motifs is 1. The Morgan fingerprint density at radius 1 is 0.792 bits per heavy atom. The molecule has 1 unspecified atom stereocenters. The predicted molar refractivity (Wildman–Crippen MR) is 106 cm³/mol. The van der Waals surface area contributed by atoms with E-state index >= 15 is 0 Å². The Balaban J connectivity index is 1.91. The lowest BCUT2D eigenvalue weighted by Crippen LogP contribution is -2.22. The van der Waals surface area contributed by atoms with Gasteiger partial charge in [0.05, 0.1) is 27.3 Å². The van der Waals surface area contributed by atoms with Crippen LogP contribution in [0.25, 0.3) is 0 Å². The van der Waals surface area contributed by atoms with Crippen molar-refractivity contribution in [3.8, 4) is 0 Å². The largest absolute Gasteiger partial charge is 0.302 e. The number of anilines is 2. The molecule has 118 valence electrons. The Morgan fingerprint density at radius 2 is 1.50 bits per heavy atom. The second-order valence-corrected chi connectivity index (χ2v) is 6.93. The van der Waals surface area contributed by atoms with E-state index < -0.39 is 0 Å². The number of halogens is 2. The van der Waals surface area contributed by atoms with Gasteiger partial charge >= 0.3 is 0 Å². The zero-order valence-electron chi connectivity index (χ0n) is 12.6. The maximum Gasteiger partial charge on any atom is 0.0991 e. The van der Waals surface area contributed by atoms with Crippen LogP contribution in [0.3, 0.4) is 0 Å². The summed E-state index contributed by atoms with van der Waals surface area (Å²) < 4.78 is 0. The Labute approximate surface area is 156 Å². The Morgan fingerprint density at radius 3 is 2.29 bits per heavy atom. The molecule has 0 aliphatic carbocycles. The molecule has 0 saturated carbocycles. The van der Waals surface area contributed by atoms with Gasteiger partial charge in [-0.1, -0.05) is 84.0 Å². The minimum absolute atomic E-state index is 0.0347. The summed E-state index contributed by atoms with van der Waals surface area (Å²) in [6.07, 6.45) is 0. The van der Waals surface area contributed by atoms with Gasteiger partial charge in [0, 0.05) is 5.02 Å². The molecule has 0 N–H and O–H groups in total. The molecule has 0 aromatic heterocycles. The van der Waals surface area contributed by atoms with Gasteiger partial charge in [-0.2, -0.15) is 0 Å². The lowest BCUT2D eigenvalue weighted by molar-refractivity contribution is 1.13. The van der Waals surface area contributed by atoms with Crippen molar-refractivity contribution >= 4 is 51.8 Å². The molecule has 1 atom stereocenters. The Bertz CT molecular complexity index is 924. The van der Waals surface area contributed by atoms with Crippen molar-refractivity contribution in [2.75, 3.05) is 4.90 Å². The van der Waals surface area contributed by atoms with Crippen LogP contribution in [-0.4, -0.2) is 4.99 Å². The highest BCUT2D eigenvalue weighted by Gasteiger charge is 2.36. The summed E-state index contributed by atoms with van der Waals surface area (Å²) in [6, 6.07) is 24.0. The van der Waals surface area contributed by atoms with Crippen molar-refractivity contribution in [2.24, 2.45) is 0 Å². The van der Waals surface area contributed by atoms with Crippen LogP contribution in [0.5, 0.6) is 0 Å². The van der Waals surface area contributed by atoms with Gasteiger partial charge in [-0.15, -0.1) is 0 Å². The molecule has 24 heavy (non-hydrogen) atoms. The molecule has 0 spiro atoms. The minimum atomic E-state index is 0.0347. The molecular weight excluding hydrogens is 357 g/mol. The van der Waals surface area contributed by atoms with E-state index in [1.165, 1.54) is 11.1 Å². The highest BCUT2D eigenvalue weighted by atomic mass is 35.5. The summed E-state index contributed by atoms with van der Waals surface area (Å²) in [6.45, 7) is 0. The number of rotatable bonds is 2. The fourth-order valence-electron chi connectivity index (χ4n) is 3.19. The van der Waals surface area contributed by atoms with E-state index in [0.29, 0.717) is 10.0 Å². The molecule has 1 aliphatic heterocycles. The molecule has 1 heterocycles. The molecule has 3 aromatic rings. The number of para-hydroxylation sites is 1. The second-order valence-electron chi connectivity index (χ2n) is 5.67. The summed E-state index contributed by atoms with van der Waals surface area (Å²) in [4.78, 5) is 2.85. The number of hydrogen-bond acceptors (Lipinski definition) is 1. The van der Waals surface area contributed by atoms with Crippen molar-refractivity contribution in [1.82, 2.24) is 0 Å². The average molecular weight is 370 g/mol. The van der Waals surface area contributed by atoms with Crippen LogP contribution in [0.1, 0.15) is 17.0 Å². The summed E-state index contributed by atoms with van der Waals surface area (Å²) in [5.41, 5.74) is 4.24. The summed E-state index contributed by atoms with van der Waals surface area (Å²) in [5.74, 6) is 0.0347. The van der Waals surface area contributed by atoms with Crippen molar-refractivity contribution in [3.05, 3.63) is 94.0 Å². The SMILES string of the molecule is S=C1C(c2ccccc2)c2ccccc2N1c1cc(Cl)ccc1Cl. The third-order valence-corrected chi connectivity index (χ3v) is 5.21. The zero-order chi connectivity index (χ0) is 16.7. The van der Waals surface area contributed by atoms with Gasteiger partial charge in [-0.25, -0.2) is 0 Å². The first-order chi connectivity index (χ1) is 11.7. The molecule has 0 saturated heterocycles. The van der Waals surface area contributed by atoms with E-state index in [0.717, 1.165) is 16.4 Å². The van der Waals surface area contributed by atoms with Gasteiger partial charge in [0.25, 0.3) is 0 Å². The van der Waals surface area contributed by atoms with Gasteiger partial charge in [-0.3, -0.25) is 0 Å². The van der Waals surface area contributed by atoms with Gasteiger partial charge in [0.2, 0.25) is 0 Å². The summed E-state index contributed by atoms with van der Waals surface area (Å²) in [7, 11) is 0. The number of nitrogens with zero attached hydrogens (tertiary/aromatic N) is 1. The molecule has 1 aliphatic rings. The summed E-state index contributed by atoms with van der Waals surface area (Å²) >= 11 is 18.5. The first-order valence-corrected chi connectivity index (χ1v) is 8.76. The molecular formula is C20H13Cl2NS. The van der Waals surface area contributed by atoms with Crippen molar-refractivity contribution in [2.45, 2.75) is 5.92 Å². The van der Waals surface area contributed by atoms with Crippen molar-refractivity contribution < 1.29 is 0 Å². The summed E-state index contributed by atoms with van der Waals surface area (Å²) in [5, 5.41) is 1.27. The fraction of sp³-hybridized carbons (Fsp3) is 0.0500. The Hall–Kier alpha value is -1.87. The van der Waals surface area contributed by atoms with E-state index in [2.05, 4.69) is 24.3 Å². The van der Waals surface area contributed by atoms with E-state index in [1.54, 1.807) is 12.1 Å². The first-order valence-electron chi connectivity index (χ1n) is 7.60. The van der Waals surface area contributed by atoms with Gasteiger partial charge in [0.15, 0.2) is 0 Å². The molecule has 3 aromatic carbocycles. The second kappa shape index (κ2) is 6.21. The van der Waals surface area contributed by atoms with E-state index in [1.807, 2.05) is 41.3 Å². The molecule has 4 rings (SSSR count). The van der Waals surface area contributed by atoms with Crippen molar-refractivity contribution in [1.29, 1.82) is 0 Å². The third-order valence-electron chi connectivity index (χ3n) is 4.24. The first kappa shape index (κ1) is 15.6. The molecule has 0 fully saturated rings. The van der Waals surface area contributed by atoms with E-state index in [4.69, 9.17) is 35.4 Å². The van der Waals surface area contributed by atoms with Crippen LogP contribution in [0.15, 0.2) is 72.8 Å². The monoisotopic (exact) mass is 369 g/mol. The van der Waals surface area contributed by atoms with Crippen LogP contribution >= 0.6 is 35.4 Å². The lowest BCUT2D eigenvalue weighted by atomic mass is 9.93. The van der Waals surface area contributed by atoms with Gasteiger partial charge in [-0.05, 0) is 35.4 Å². The van der Waals surface area contributed by atoms with Crippen LogP contribution < -0.4 is 4.90 Å². The van der Waals surface area contributed by atoms with Crippen molar-refractivity contribution in [3.63, 3.8) is 0 Å². The number of hydrogen-bond donors (Lipinski definition) is 0. The number of benzene rings is 3. The fourth-order valence-corrected chi connectivity index (χ4v) is 4.02. The highest BCUT2D eigenvalue weighted by Crippen LogP contribution is 2.47. The smallest absolute Gasteiger partial charge is 0.0991 e. The van der Waals surface area contributed by atoms with Crippen LogP contribution in [0.4, 0.5) is 11.4 Å². The van der Waals surface area contributed by atoms with Crippen LogP contribution in [0.2, 0.25) is 10.0 Å². The normalized spacial score (nSPS) is 16.3. The van der Waals surface area contributed by atoms with Crippen LogP contribution in [0, 0.1) is 0 Å². The third kappa shape index (κ3) is 2.51. The Kier molecular flexibility index (Phi) is 4.05. The molecule has 0 bridgehead atoms. The number of thiocarbonyl (C=S) groups is 1. The molecule has 1 nitrogen and oxygen atoms in total. The standard InChI is InChI=1S/C20H13Cl2NS/c21-14-10-11-16(22)18(12-14)23-17-9-5-4-8-15(17)19(20(23)24)13-6-2-1-3-7-13/h1-12,19H. The quantitative estimate of drug-likeness (QED) is 0.467. The zero-order valence-corrected chi connectivity index (χ0v) is 14.9. The average Bonchev–Trinajstić information content (AvgIpc) is 2.90. The van der Waals surface area contributed by atoms with E-state index in [9.17, 15) is 0 Å². The molecule has 0 radical (unpaired) electrons. The van der Waals surface area contributed by atoms with E-state index in [-0.39, 0.29) is 5.92 Å². The minimum Gasteiger partial charge on any atom is -0.302 e. The highest BCUT2D eigenvalue weighted by molar-refractivity contribution is 7.80. The van der Waals surface area contributed by atoms with Gasteiger partial charge < -0.3 is 4.90 Å². The maximum atomic E-state index is 6.44. The topological polar surface area (TPSA) is 3.24 Å².